The van der Waals surface area contributed by atoms with Crippen LogP contribution in [0.5, 0.6) is 0 Å². The van der Waals surface area contributed by atoms with Gasteiger partial charge in [-0.1, -0.05) is 27.0 Å². The summed E-state index contributed by atoms with van der Waals surface area (Å²) in [6, 6.07) is 0. The number of nitrogens with zero attached hydrogens (tertiary/aromatic N) is 4. The maximum Gasteiger partial charge on any atom is 0.406 e. The van der Waals surface area contributed by atoms with Gasteiger partial charge in [0.15, 0.2) is 5.41 Å². The first-order chi connectivity index (χ1) is 19.0. The predicted molar refractivity (Wildman–Crippen MR) is 140 cm³/mol. The van der Waals surface area contributed by atoms with E-state index in [4.69, 9.17) is 0 Å². The van der Waals surface area contributed by atoms with Gasteiger partial charge in [-0.05, 0) is 62.8 Å². The molecule has 0 atom stereocenters. The molecule has 0 aliphatic carbocycles. The van der Waals surface area contributed by atoms with Crippen LogP contribution in [0.3, 0.4) is 0 Å². The van der Waals surface area contributed by atoms with Crippen molar-refractivity contribution >= 4 is 17.7 Å². The Labute approximate surface area is 237 Å². The van der Waals surface area contributed by atoms with E-state index in [-0.39, 0.29) is 19.6 Å². The molecule has 232 valence electrons. The van der Waals surface area contributed by atoms with E-state index >= 15 is 0 Å². The fourth-order valence-corrected chi connectivity index (χ4v) is 5.83. The van der Waals surface area contributed by atoms with Crippen molar-refractivity contribution < 1.29 is 40.7 Å². The average Bonchev–Trinajstić information content (AvgIpc) is 2.85. The number of amides is 3. The van der Waals surface area contributed by atoms with E-state index in [2.05, 4.69) is 20.1 Å². The number of alkyl halides is 6. The Kier molecular flexibility index (Phi) is 9.92. The van der Waals surface area contributed by atoms with Crippen molar-refractivity contribution in [2.45, 2.75) is 51.9 Å². The number of halogens is 6. The van der Waals surface area contributed by atoms with E-state index in [1.807, 2.05) is 11.8 Å². The van der Waals surface area contributed by atoms with E-state index in [1.165, 1.54) is 9.80 Å². The molecule has 0 unspecified atom stereocenters. The minimum Gasteiger partial charge on any atom is -0.342 e. The molecule has 4 saturated heterocycles. The van der Waals surface area contributed by atoms with Crippen molar-refractivity contribution in [2.24, 2.45) is 22.7 Å². The molecule has 4 aliphatic rings. The summed E-state index contributed by atoms with van der Waals surface area (Å²) in [6.45, 7) is 11.2. The van der Waals surface area contributed by atoms with E-state index in [0.29, 0.717) is 38.0 Å². The molecule has 41 heavy (non-hydrogen) atoms. The second kappa shape index (κ2) is 12.3. The number of rotatable bonds is 5. The lowest BCUT2D eigenvalue weighted by Crippen LogP contribution is -2.71. The van der Waals surface area contributed by atoms with Gasteiger partial charge in [-0.25, -0.2) is 0 Å². The summed E-state index contributed by atoms with van der Waals surface area (Å²) in [7, 11) is 0. The number of likely N-dealkylation sites (tertiary alicyclic amines) is 4. The normalized spacial score (nSPS) is 23.5. The molecule has 0 aromatic heterocycles. The third-order valence-electron chi connectivity index (χ3n) is 8.91. The fraction of sp³-hybridized carbons (Fsp3) is 0.750. The Morgan fingerprint density at radius 3 is 1.51 bits per heavy atom. The minimum atomic E-state index is -4.65. The number of carbonyl (C=O) groups is 3. The van der Waals surface area contributed by atoms with Gasteiger partial charge in [0.1, 0.15) is 5.41 Å². The first kappa shape index (κ1) is 32.9. The molecule has 4 fully saturated rings. The largest absolute Gasteiger partial charge is 0.406 e. The Bertz CT molecular complexity index is 986. The minimum absolute atomic E-state index is 0.00411. The molecule has 0 bridgehead atoms. The summed E-state index contributed by atoms with van der Waals surface area (Å²) >= 11 is 0. The number of hydrogen-bond acceptors (Lipinski definition) is 4. The quantitative estimate of drug-likeness (QED) is 0.355. The van der Waals surface area contributed by atoms with E-state index in [1.54, 1.807) is 0 Å². The Morgan fingerprint density at radius 2 is 1.12 bits per heavy atom. The zero-order chi connectivity index (χ0) is 30.8. The van der Waals surface area contributed by atoms with Crippen LogP contribution in [0.2, 0.25) is 0 Å². The van der Waals surface area contributed by atoms with Gasteiger partial charge in [0.05, 0.1) is 0 Å². The molecular formula is C28H40F6N4O3. The summed E-state index contributed by atoms with van der Waals surface area (Å²) in [5.41, 5.74) is -4.20. The first-order valence-corrected chi connectivity index (χ1v) is 14.0. The highest BCUT2D eigenvalue weighted by atomic mass is 19.4. The smallest absolute Gasteiger partial charge is 0.342 e. The van der Waals surface area contributed by atoms with Crippen LogP contribution in [0.25, 0.3) is 0 Å². The SMILES string of the molecule is C=CC(=O)N1CC(C(=O)N2CCC(C)CC2)(C(F)(F)F)C1.C=CC(=O)N1CC(CN2CCC(C)CC2)(C(F)(F)F)C1. The van der Waals surface area contributed by atoms with Crippen LogP contribution in [0.1, 0.15) is 39.5 Å². The van der Waals surface area contributed by atoms with Crippen molar-refractivity contribution in [2.75, 3.05) is 58.9 Å². The lowest BCUT2D eigenvalue weighted by molar-refractivity contribution is -0.269. The van der Waals surface area contributed by atoms with E-state index in [0.717, 1.165) is 42.7 Å². The van der Waals surface area contributed by atoms with Crippen LogP contribution in [0, 0.1) is 22.7 Å². The lowest BCUT2D eigenvalue weighted by Gasteiger charge is -2.52. The third kappa shape index (κ3) is 6.91. The molecule has 4 rings (SSSR count). The summed E-state index contributed by atoms with van der Waals surface area (Å²) in [5.74, 6) is -0.869. The van der Waals surface area contributed by atoms with Crippen LogP contribution in [-0.4, -0.2) is 109 Å². The van der Waals surface area contributed by atoms with Crippen molar-refractivity contribution in [3.8, 4) is 0 Å². The maximum absolute atomic E-state index is 13.4. The zero-order valence-electron chi connectivity index (χ0n) is 23.7. The predicted octanol–water partition coefficient (Wildman–Crippen LogP) is 4.12. The van der Waals surface area contributed by atoms with Crippen LogP contribution in [-0.2, 0) is 14.4 Å². The molecule has 0 spiro atoms. The molecule has 3 amide bonds. The third-order valence-corrected chi connectivity index (χ3v) is 8.91. The highest BCUT2D eigenvalue weighted by Gasteiger charge is 2.68. The molecule has 0 aromatic rings. The Balaban J connectivity index is 0.000000226. The van der Waals surface area contributed by atoms with Gasteiger partial charge in [-0.2, -0.15) is 26.3 Å². The molecular weight excluding hydrogens is 554 g/mol. The summed E-state index contributed by atoms with van der Waals surface area (Å²) < 4.78 is 80.1. The van der Waals surface area contributed by atoms with Gasteiger partial charge in [0.25, 0.3) is 0 Å². The second-order valence-electron chi connectivity index (χ2n) is 12.1. The molecule has 4 aliphatic heterocycles. The van der Waals surface area contributed by atoms with E-state index < -0.39 is 54.0 Å². The molecule has 0 aromatic carbocycles. The number of piperidine rings is 2. The molecule has 13 heteroatoms. The molecule has 0 saturated carbocycles. The number of hydrogen-bond donors (Lipinski definition) is 0. The maximum atomic E-state index is 13.4. The van der Waals surface area contributed by atoms with Gasteiger partial charge in [-0.3, -0.25) is 14.4 Å². The first-order valence-electron chi connectivity index (χ1n) is 14.0. The fourth-order valence-electron chi connectivity index (χ4n) is 5.83. The second-order valence-corrected chi connectivity index (χ2v) is 12.1. The highest BCUT2D eigenvalue weighted by Crippen LogP contribution is 2.48. The molecule has 4 heterocycles. The van der Waals surface area contributed by atoms with E-state index in [9.17, 15) is 40.7 Å². The van der Waals surface area contributed by atoms with Crippen LogP contribution in [0.4, 0.5) is 26.3 Å². The zero-order valence-corrected chi connectivity index (χ0v) is 23.7. The average molecular weight is 595 g/mol. The Morgan fingerprint density at radius 1 is 0.707 bits per heavy atom. The van der Waals surface area contributed by atoms with Crippen LogP contribution in [0.15, 0.2) is 25.3 Å². The number of carbonyl (C=O) groups excluding carboxylic acids is 3. The summed E-state index contributed by atoms with van der Waals surface area (Å²) in [5, 5.41) is 0. The molecule has 0 radical (unpaired) electrons. The van der Waals surface area contributed by atoms with Gasteiger partial charge in [-0.15, -0.1) is 0 Å². The van der Waals surface area contributed by atoms with Crippen molar-refractivity contribution in [1.29, 1.82) is 0 Å². The van der Waals surface area contributed by atoms with Crippen LogP contribution < -0.4 is 0 Å². The van der Waals surface area contributed by atoms with Crippen molar-refractivity contribution in [1.82, 2.24) is 19.6 Å². The van der Waals surface area contributed by atoms with Gasteiger partial charge < -0.3 is 19.6 Å². The summed E-state index contributed by atoms with van der Waals surface area (Å²) in [4.78, 5) is 40.5. The topological polar surface area (TPSA) is 64.2 Å². The highest BCUT2D eigenvalue weighted by molar-refractivity contribution is 5.92. The van der Waals surface area contributed by atoms with Crippen molar-refractivity contribution in [3.63, 3.8) is 0 Å². The monoisotopic (exact) mass is 594 g/mol. The molecule has 7 nitrogen and oxygen atoms in total. The lowest BCUT2D eigenvalue weighted by atomic mass is 9.76. The van der Waals surface area contributed by atoms with Gasteiger partial charge in [0.2, 0.25) is 17.7 Å². The van der Waals surface area contributed by atoms with Crippen LogP contribution >= 0.6 is 0 Å². The molecule has 0 N–H and O–H groups in total. The van der Waals surface area contributed by atoms with Gasteiger partial charge >= 0.3 is 12.4 Å². The van der Waals surface area contributed by atoms with Crippen molar-refractivity contribution in [3.05, 3.63) is 25.3 Å². The Hall–Kier alpha value is -2.57. The van der Waals surface area contributed by atoms with Gasteiger partial charge in [0, 0.05) is 45.8 Å². The summed E-state index contributed by atoms with van der Waals surface area (Å²) in [6.07, 6.45) is -3.55. The standard InChI is InChI=1S/C14H19F3N2O2.C14H21F3N2O/c1-3-11(20)19-8-13(9-19,14(15,16)17)12(21)18-6-4-10(2)5-7-18;1-3-12(20)19-9-13(10-19,14(15,16)17)8-18-6-4-11(2)5-7-18/h3,10H,1,4-9H2,2H3;3,11H,1,4-10H2,2H3.